The zero-order valence-corrected chi connectivity index (χ0v) is 12.7. The molecule has 0 amide bonds. The average molecular weight is 297 g/mol. The van der Waals surface area contributed by atoms with Gasteiger partial charge in [0.15, 0.2) is 0 Å². The fourth-order valence-corrected chi connectivity index (χ4v) is 2.46. The Bertz CT molecular complexity index is 702. The molecule has 0 aliphatic carbocycles. The monoisotopic (exact) mass is 297 g/mol. The maximum absolute atomic E-state index is 5.69. The molecule has 0 radical (unpaired) electrons. The van der Waals surface area contributed by atoms with Crippen molar-refractivity contribution in [1.82, 2.24) is 4.98 Å². The second-order valence-corrected chi connectivity index (χ2v) is 5.52. The number of aromatic nitrogens is 1. The molecule has 2 atom stereocenters. The third-order valence-electron chi connectivity index (χ3n) is 3.83. The van der Waals surface area contributed by atoms with Crippen molar-refractivity contribution in [1.29, 1.82) is 0 Å². The summed E-state index contributed by atoms with van der Waals surface area (Å²) in [5, 5.41) is 0. The van der Waals surface area contributed by atoms with E-state index in [2.05, 4.69) is 22.1 Å². The van der Waals surface area contributed by atoms with Crippen LogP contribution >= 0.6 is 0 Å². The number of methoxy groups -OCH3 is 1. The van der Waals surface area contributed by atoms with E-state index in [0.29, 0.717) is 6.61 Å². The highest BCUT2D eigenvalue weighted by atomic mass is 16.5. The molecule has 114 valence electrons. The molecule has 0 fully saturated rings. The van der Waals surface area contributed by atoms with E-state index in [-0.39, 0.29) is 0 Å². The van der Waals surface area contributed by atoms with Crippen molar-refractivity contribution in [3.63, 3.8) is 0 Å². The number of nitrogens with zero attached hydrogens (tertiary/aromatic N) is 2. The van der Waals surface area contributed by atoms with E-state index >= 15 is 0 Å². The van der Waals surface area contributed by atoms with Gasteiger partial charge in [-0.05, 0) is 30.2 Å². The van der Waals surface area contributed by atoms with Gasteiger partial charge < -0.3 is 15.2 Å². The van der Waals surface area contributed by atoms with E-state index in [1.807, 2.05) is 31.3 Å². The summed E-state index contributed by atoms with van der Waals surface area (Å²) < 4.78 is 10.8. The van der Waals surface area contributed by atoms with Gasteiger partial charge in [0.1, 0.15) is 17.5 Å². The molecule has 22 heavy (non-hydrogen) atoms. The van der Waals surface area contributed by atoms with Crippen molar-refractivity contribution < 1.29 is 9.47 Å². The van der Waals surface area contributed by atoms with Crippen LogP contribution in [0.4, 0.5) is 0 Å². The summed E-state index contributed by atoms with van der Waals surface area (Å²) in [7, 11) is 1.63. The summed E-state index contributed by atoms with van der Waals surface area (Å²) in [6.07, 6.45) is 4.75. The lowest BCUT2D eigenvalue weighted by Gasteiger charge is -2.31. The van der Waals surface area contributed by atoms with Crippen molar-refractivity contribution in [2.75, 3.05) is 13.7 Å². The van der Waals surface area contributed by atoms with Gasteiger partial charge in [0.25, 0.3) is 0 Å². The first kappa shape index (κ1) is 14.7. The van der Waals surface area contributed by atoms with E-state index in [4.69, 9.17) is 15.2 Å². The molecule has 1 aliphatic heterocycles. The molecule has 5 heteroatoms. The van der Waals surface area contributed by atoms with E-state index in [1.165, 1.54) is 0 Å². The SMILES string of the molecule is COc1cncc(-c2cccc(C3(C)COC(N)C=N3)c2)c1. The molecule has 1 aromatic carbocycles. The molecule has 0 saturated carbocycles. The molecule has 0 spiro atoms. The highest BCUT2D eigenvalue weighted by molar-refractivity contribution is 5.67. The molecule has 2 heterocycles. The van der Waals surface area contributed by atoms with Gasteiger partial charge in [0.2, 0.25) is 0 Å². The van der Waals surface area contributed by atoms with Gasteiger partial charge in [-0.25, -0.2) is 0 Å². The fourth-order valence-electron chi connectivity index (χ4n) is 2.46. The third-order valence-corrected chi connectivity index (χ3v) is 3.83. The summed E-state index contributed by atoms with van der Waals surface area (Å²) in [6.45, 7) is 2.50. The lowest BCUT2D eigenvalue weighted by atomic mass is 9.90. The predicted molar refractivity (Wildman–Crippen MR) is 86.0 cm³/mol. The van der Waals surface area contributed by atoms with Crippen molar-refractivity contribution >= 4 is 6.21 Å². The standard InChI is InChI=1S/C17H19N3O2/c1-17(11-22-16(18)10-20-17)14-5-3-4-12(6-14)13-7-15(21-2)9-19-8-13/h3-10,16H,11,18H2,1-2H3. The Hall–Kier alpha value is -2.24. The first-order chi connectivity index (χ1) is 10.6. The molecule has 1 aliphatic rings. The Morgan fingerprint density at radius 1 is 1.27 bits per heavy atom. The molecule has 0 bridgehead atoms. The van der Waals surface area contributed by atoms with Crippen LogP contribution in [-0.2, 0) is 10.3 Å². The van der Waals surface area contributed by atoms with Gasteiger partial charge in [-0.3, -0.25) is 9.98 Å². The largest absolute Gasteiger partial charge is 0.495 e. The molecule has 0 saturated heterocycles. The van der Waals surface area contributed by atoms with Crippen LogP contribution in [0.3, 0.4) is 0 Å². The van der Waals surface area contributed by atoms with Gasteiger partial charge in [-0.2, -0.15) is 0 Å². The predicted octanol–water partition coefficient (Wildman–Crippen LogP) is 2.36. The Kier molecular flexibility index (Phi) is 3.92. The lowest BCUT2D eigenvalue weighted by molar-refractivity contribution is 0.0535. The molecule has 2 unspecified atom stereocenters. The van der Waals surface area contributed by atoms with Crippen molar-refractivity contribution in [2.45, 2.75) is 18.7 Å². The molecule has 2 N–H and O–H groups in total. The molecule has 2 aromatic rings. The third kappa shape index (κ3) is 2.86. The van der Waals surface area contributed by atoms with Crippen LogP contribution in [0.15, 0.2) is 47.7 Å². The first-order valence-corrected chi connectivity index (χ1v) is 7.13. The first-order valence-electron chi connectivity index (χ1n) is 7.13. The number of rotatable bonds is 3. The van der Waals surface area contributed by atoms with Crippen LogP contribution < -0.4 is 10.5 Å². The van der Waals surface area contributed by atoms with Crippen molar-refractivity contribution in [3.05, 3.63) is 48.3 Å². The van der Waals surface area contributed by atoms with E-state index in [1.54, 1.807) is 19.5 Å². The Labute approximate surface area is 129 Å². The van der Waals surface area contributed by atoms with Crippen LogP contribution in [0.1, 0.15) is 12.5 Å². The molecular weight excluding hydrogens is 278 g/mol. The van der Waals surface area contributed by atoms with E-state index < -0.39 is 11.8 Å². The van der Waals surface area contributed by atoms with Gasteiger partial charge >= 0.3 is 0 Å². The summed E-state index contributed by atoms with van der Waals surface area (Å²) in [6, 6.07) is 10.2. The number of hydrogen-bond donors (Lipinski definition) is 1. The van der Waals surface area contributed by atoms with Crippen LogP contribution in [0, 0.1) is 0 Å². The minimum atomic E-state index is -0.418. The number of aliphatic imine (C=N–C) groups is 1. The highest BCUT2D eigenvalue weighted by Crippen LogP contribution is 2.31. The van der Waals surface area contributed by atoms with Gasteiger partial charge in [0.05, 0.1) is 19.9 Å². The van der Waals surface area contributed by atoms with Gasteiger partial charge in [-0.1, -0.05) is 18.2 Å². The number of nitrogens with two attached hydrogens (primary N) is 1. The molecule has 3 rings (SSSR count). The minimum Gasteiger partial charge on any atom is -0.495 e. The highest BCUT2D eigenvalue weighted by Gasteiger charge is 2.29. The summed E-state index contributed by atoms with van der Waals surface area (Å²) in [5.74, 6) is 0.735. The number of hydrogen-bond acceptors (Lipinski definition) is 5. The normalized spacial score (nSPS) is 24.2. The van der Waals surface area contributed by atoms with Crippen molar-refractivity contribution in [2.24, 2.45) is 10.7 Å². The summed E-state index contributed by atoms with van der Waals surface area (Å²) >= 11 is 0. The zero-order valence-electron chi connectivity index (χ0n) is 12.7. The Morgan fingerprint density at radius 3 is 2.86 bits per heavy atom. The Balaban J connectivity index is 1.97. The second-order valence-electron chi connectivity index (χ2n) is 5.52. The number of ether oxygens (including phenoxy) is 2. The van der Waals surface area contributed by atoms with E-state index in [0.717, 1.165) is 22.4 Å². The molecule has 1 aromatic heterocycles. The number of pyridine rings is 1. The summed E-state index contributed by atoms with van der Waals surface area (Å²) in [4.78, 5) is 8.77. The second kappa shape index (κ2) is 5.87. The fraction of sp³-hybridized carbons (Fsp3) is 0.294. The molecular formula is C17H19N3O2. The summed E-state index contributed by atoms with van der Waals surface area (Å²) in [5.41, 5.74) is 8.42. The average Bonchev–Trinajstić information content (AvgIpc) is 2.58. The van der Waals surface area contributed by atoms with Crippen LogP contribution in [-0.4, -0.2) is 31.1 Å². The maximum Gasteiger partial charge on any atom is 0.141 e. The minimum absolute atomic E-state index is 0.418. The van der Waals surface area contributed by atoms with Gasteiger partial charge in [-0.15, -0.1) is 0 Å². The van der Waals surface area contributed by atoms with Gasteiger partial charge in [0, 0.05) is 18.0 Å². The zero-order chi connectivity index (χ0) is 15.6. The smallest absolute Gasteiger partial charge is 0.141 e. The van der Waals surface area contributed by atoms with Crippen LogP contribution in [0.2, 0.25) is 0 Å². The molecule has 5 nitrogen and oxygen atoms in total. The topological polar surface area (TPSA) is 69.7 Å². The van der Waals surface area contributed by atoms with Crippen LogP contribution in [0.5, 0.6) is 5.75 Å². The lowest BCUT2D eigenvalue weighted by Crippen LogP contribution is -2.39. The quantitative estimate of drug-likeness (QED) is 0.944. The maximum atomic E-state index is 5.69. The number of benzene rings is 1. The van der Waals surface area contributed by atoms with Crippen molar-refractivity contribution in [3.8, 4) is 16.9 Å². The van der Waals surface area contributed by atoms with Crippen LogP contribution in [0.25, 0.3) is 11.1 Å². The Morgan fingerprint density at radius 2 is 2.14 bits per heavy atom. The van der Waals surface area contributed by atoms with E-state index in [9.17, 15) is 0 Å².